The number of hydrogen-bond donors (Lipinski definition) is 0. The molecular formula is C15H22N4. The first-order valence-electron chi connectivity index (χ1n) is 7.27. The largest absolute Gasteiger partial charge is 0.274 e. The average Bonchev–Trinajstić information content (AvgIpc) is 2.38. The topological polar surface area (TPSA) is 49.4 Å². The van der Waals surface area contributed by atoms with Gasteiger partial charge in [-0.3, -0.25) is 4.99 Å². The van der Waals surface area contributed by atoms with E-state index in [9.17, 15) is 0 Å². The smallest absolute Gasteiger partial charge is 0.135 e. The van der Waals surface area contributed by atoms with E-state index >= 15 is 0 Å². The Morgan fingerprint density at radius 3 is 2.21 bits per heavy atom. The molecule has 0 N–H and O–H groups in total. The van der Waals surface area contributed by atoms with Gasteiger partial charge in [0.05, 0.1) is 0 Å². The van der Waals surface area contributed by atoms with Gasteiger partial charge in [-0.05, 0) is 32.1 Å². The van der Waals surface area contributed by atoms with Crippen LogP contribution in [0.2, 0.25) is 0 Å². The first-order valence-corrected chi connectivity index (χ1v) is 7.27. The summed E-state index contributed by atoms with van der Waals surface area (Å²) in [7, 11) is 1.82. The molecule has 0 aliphatic carbocycles. The van der Waals surface area contributed by atoms with Crippen molar-refractivity contribution in [1.82, 2.24) is 0 Å². The fraction of sp³-hybridized carbons (Fsp3) is 0.733. The van der Waals surface area contributed by atoms with E-state index in [-0.39, 0.29) is 0 Å². The van der Waals surface area contributed by atoms with Crippen molar-refractivity contribution in [3.8, 4) is 0 Å². The van der Waals surface area contributed by atoms with E-state index < -0.39 is 0 Å². The van der Waals surface area contributed by atoms with Gasteiger partial charge in [0, 0.05) is 30.5 Å². The molecule has 3 heterocycles. The minimum Gasteiger partial charge on any atom is -0.274 e. The summed E-state index contributed by atoms with van der Waals surface area (Å²) in [6, 6.07) is 0. The second kappa shape index (κ2) is 4.66. The SMILES string of the molecule is C/N=C1/N=C2N=C3N=C(C)C(C)CC3CC2CC1C. The molecule has 0 aromatic carbocycles. The number of nitrogens with zero attached hydrogens (tertiary/aromatic N) is 4. The average molecular weight is 258 g/mol. The van der Waals surface area contributed by atoms with Gasteiger partial charge in [0.1, 0.15) is 17.5 Å². The van der Waals surface area contributed by atoms with Crippen LogP contribution in [-0.4, -0.2) is 30.3 Å². The Morgan fingerprint density at radius 2 is 1.53 bits per heavy atom. The summed E-state index contributed by atoms with van der Waals surface area (Å²) in [6.45, 7) is 6.59. The molecule has 4 heteroatoms. The second-order valence-corrected chi connectivity index (χ2v) is 6.18. The molecule has 102 valence electrons. The van der Waals surface area contributed by atoms with Crippen LogP contribution >= 0.6 is 0 Å². The van der Waals surface area contributed by atoms with Crippen LogP contribution in [0.1, 0.15) is 40.0 Å². The molecule has 3 rings (SSSR count). The monoisotopic (exact) mass is 258 g/mol. The van der Waals surface area contributed by atoms with Crippen LogP contribution in [0, 0.1) is 23.7 Å². The normalized spacial score (nSPS) is 40.0. The Morgan fingerprint density at radius 1 is 0.895 bits per heavy atom. The maximum atomic E-state index is 4.74. The van der Waals surface area contributed by atoms with E-state index in [2.05, 4.69) is 30.8 Å². The molecule has 0 fully saturated rings. The van der Waals surface area contributed by atoms with E-state index in [1.165, 1.54) is 18.6 Å². The van der Waals surface area contributed by atoms with Crippen LogP contribution in [0.25, 0.3) is 0 Å². The summed E-state index contributed by atoms with van der Waals surface area (Å²) in [5, 5.41) is 0. The quantitative estimate of drug-likeness (QED) is 0.641. The first kappa shape index (κ1) is 12.7. The van der Waals surface area contributed by atoms with Crippen LogP contribution in [0.3, 0.4) is 0 Å². The zero-order chi connectivity index (χ0) is 13.6. The minimum absolute atomic E-state index is 0.460. The molecule has 0 amide bonds. The number of fused-ring (bicyclic) bond motifs is 2. The summed E-state index contributed by atoms with van der Waals surface area (Å²) in [5.74, 6) is 5.02. The number of rotatable bonds is 0. The molecule has 0 saturated carbocycles. The maximum Gasteiger partial charge on any atom is 0.135 e. The van der Waals surface area contributed by atoms with Gasteiger partial charge < -0.3 is 0 Å². The van der Waals surface area contributed by atoms with Gasteiger partial charge in [0.2, 0.25) is 0 Å². The Labute approximate surface area is 114 Å². The molecule has 0 aromatic heterocycles. The molecule has 3 aliphatic rings. The molecular weight excluding hydrogens is 236 g/mol. The fourth-order valence-corrected chi connectivity index (χ4v) is 3.41. The molecule has 0 bridgehead atoms. The van der Waals surface area contributed by atoms with Crippen LogP contribution < -0.4 is 0 Å². The third-order valence-corrected chi connectivity index (χ3v) is 4.71. The third-order valence-electron chi connectivity index (χ3n) is 4.71. The molecule has 4 atom stereocenters. The molecule has 19 heavy (non-hydrogen) atoms. The summed E-state index contributed by atoms with van der Waals surface area (Å²) < 4.78 is 0. The van der Waals surface area contributed by atoms with Crippen LogP contribution in [0.15, 0.2) is 20.0 Å². The van der Waals surface area contributed by atoms with Crippen molar-refractivity contribution in [3.05, 3.63) is 0 Å². The predicted octanol–water partition coefficient (Wildman–Crippen LogP) is 2.99. The molecule has 4 nitrogen and oxygen atoms in total. The lowest BCUT2D eigenvalue weighted by molar-refractivity contribution is 0.406. The van der Waals surface area contributed by atoms with Crippen LogP contribution in [0.5, 0.6) is 0 Å². The Kier molecular flexibility index (Phi) is 3.11. The molecule has 0 radical (unpaired) electrons. The first-order chi connectivity index (χ1) is 9.08. The van der Waals surface area contributed by atoms with Gasteiger partial charge in [-0.15, -0.1) is 0 Å². The van der Waals surface area contributed by atoms with Gasteiger partial charge in [0.25, 0.3) is 0 Å². The second-order valence-electron chi connectivity index (χ2n) is 6.18. The van der Waals surface area contributed by atoms with Gasteiger partial charge in [-0.25, -0.2) is 15.0 Å². The van der Waals surface area contributed by atoms with Crippen LogP contribution in [0.4, 0.5) is 0 Å². The summed E-state index contributed by atoms with van der Waals surface area (Å²) >= 11 is 0. The van der Waals surface area contributed by atoms with Crippen molar-refractivity contribution in [3.63, 3.8) is 0 Å². The molecule has 3 aliphatic heterocycles. The Balaban J connectivity index is 1.98. The lowest BCUT2D eigenvalue weighted by atomic mass is 9.77. The highest BCUT2D eigenvalue weighted by molar-refractivity contribution is 6.11. The van der Waals surface area contributed by atoms with Crippen molar-refractivity contribution in [2.24, 2.45) is 43.6 Å². The van der Waals surface area contributed by atoms with Crippen molar-refractivity contribution < 1.29 is 0 Å². The maximum absolute atomic E-state index is 4.74. The van der Waals surface area contributed by atoms with Gasteiger partial charge in [0.15, 0.2) is 0 Å². The van der Waals surface area contributed by atoms with E-state index in [1.54, 1.807) is 0 Å². The zero-order valence-electron chi connectivity index (χ0n) is 12.2. The lowest BCUT2D eigenvalue weighted by Gasteiger charge is -2.36. The van der Waals surface area contributed by atoms with Crippen molar-refractivity contribution in [2.75, 3.05) is 7.05 Å². The zero-order valence-corrected chi connectivity index (χ0v) is 12.2. The highest BCUT2D eigenvalue weighted by atomic mass is 15.1. The van der Waals surface area contributed by atoms with Crippen molar-refractivity contribution in [1.29, 1.82) is 0 Å². The van der Waals surface area contributed by atoms with Crippen molar-refractivity contribution in [2.45, 2.75) is 40.0 Å². The standard InChI is InChI=1S/C15H22N4/c1-8-5-11-7-12-6-9(2)13(16-4)18-15(12)19-14(11)17-10(8)3/h8-9,11-12H,5-7H2,1-4H3/b16-13+. The fourth-order valence-electron chi connectivity index (χ4n) is 3.41. The summed E-state index contributed by atoms with van der Waals surface area (Å²) in [5.41, 5.74) is 1.21. The predicted molar refractivity (Wildman–Crippen MR) is 80.5 cm³/mol. The summed E-state index contributed by atoms with van der Waals surface area (Å²) in [6.07, 6.45) is 3.50. The molecule has 0 spiro atoms. The molecule has 4 unspecified atom stereocenters. The number of amidine groups is 3. The Bertz CT molecular complexity index is 512. The van der Waals surface area contributed by atoms with E-state index in [0.717, 1.165) is 23.9 Å². The Hall–Kier alpha value is -1.32. The van der Waals surface area contributed by atoms with Gasteiger partial charge >= 0.3 is 0 Å². The van der Waals surface area contributed by atoms with Crippen LogP contribution in [-0.2, 0) is 0 Å². The number of aliphatic imine (C=N–C) groups is 4. The molecule has 0 saturated heterocycles. The van der Waals surface area contributed by atoms with E-state index in [1.807, 2.05) is 7.05 Å². The molecule has 0 aromatic rings. The lowest BCUT2D eigenvalue weighted by Crippen LogP contribution is -2.38. The van der Waals surface area contributed by atoms with E-state index in [0.29, 0.717) is 23.7 Å². The summed E-state index contributed by atoms with van der Waals surface area (Å²) in [4.78, 5) is 18.4. The minimum atomic E-state index is 0.460. The van der Waals surface area contributed by atoms with Gasteiger partial charge in [-0.1, -0.05) is 13.8 Å². The van der Waals surface area contributed by atoms with Crippen molar-refractivity contribution >= 4 is 23.2 Å². The highest BCUT2D eigenvalue weighted by Gasteiger charge is 2.37. The third kappa shape index (κ3) is 2.17. The van der Waals surface area contributed by atoms with E-state index in [4.69, 9.17) is 9.98 Å². The number of hydrogen-bond acceptors (Lipinski definition) is 3. The highest BCUT2D eigenvalue weighted by Crippen LogP contribution is 2.36. The van der Waals surface area contributed by atoms with Gasteiger partial charge in [-0.2, -0.15) is 0 Å².